The molecule has 2 aliphatic heterocycles. The molecule has 17 heavy (non-hydrogen) atoms. The number of aliphatic imine (C=N–C) groups is 1. The highest BCUT2D eigenvalue weighted by Gasteiger charge is 2.24. The number of allylic oxidation sites excluding steroid dienone is 1. The maximum absolute atomic E-state index is 5.64. The molecular formula is C13H13NO3. The van der Waals surface area contributed by atoms with Crippen molar-refractivity contribution in [3.05, 3.63) is 23.8 Å². The number of rotatable bonds is 3. The summed E-state index contributed by atoms with van der Waals surface area (Å²) in [5.74, 6) is 2.37. The molecule has 0 unspecified atom stereocenters. The molecule has 0 atom stereocenters. The Morgan fingerprint density at radius 2 is 2.29 bits per heavy atom. The second-order valence-electron chi connectivity index (χ2n) is 3.79. The van der Waals surface area contributed by atoms with Gasteiger partial charge in [0.15, 0.2) is 11.5 Å². The molecule has 0 saturated heterocycles. The Bertz CT molecular complexity index is 506. The Kier molecular flexibility index (Phi) is 2.48. The number of benzene rings is 1. The molecule has 0 radical (unpaired) electrons. The van der Waals surface area contributed by atoms with Crippen molar-refractivity contribution in [1.82, 2.24) is 0 Å². The molecule has 0 aliphatic carbocycles. The highest BCUT2D eigenvalue weighted by atomic mass is 16.7. The highest BCUT2D eigenvalue weighted by Crippen LogP contribution is 2.44. The summed E-state index contributed by atoms with van der Waals surface area (Å²) in [6, 6.07) is 3.80. The van der Waals surface area contributed by atoms with Gasteiger partial charge in [0.2, 0.25) is 6.79 Å². The largest absolute Gasteiger partial charge is 0.493 e. The van der Waals surface area contributed by atoms with Gasteiger partial charge in [-0.3, -0.25) is 4.99 Å². The fourth-order valence-electron chi connectivity index (χ4n) is 2.04. The predicted molar refractivity (Wildman–Crippen MR) is 65.1 cm³/mol. The van der Waals surface area contributed by atoms with Crippen LogP contribution in [0.3, 0.4) is 0 Å². The molecule has 2 heterocycles. The lowest BCUT2D eigenvalue weighted by molar-refractivity contribution is 0.173. The van der Waals surface area contributed by atoms with E-state index in [1.807, 2.05) is 25.1 Å². The van der Waals surface area contributed by atoms with E-state index in [1.165, 1.54) is 0 Å². The zero-order chi connectivity index (χ0) is 11.7. The molecule has 3 rings (SSSR count). The molecule has 0 spiro atoms. The van der Waals surface area contributed by atoms with Gasteiger partial charge < -0.3 is 14.2 Å². The lowest BCUT2D eigenvalue weighted by Crippen LogP contribution is -1.99. The summed E-state index contributed by atoms with van der Waals surface area (Å²) in [4.78, 5) is 4.20. The number of hydrogen-bond donors (Lipinski definition) is 0. The maximum Gasteiger partial charge on any atom is 0.231 e. The van der Waals surface area contributed by atoms with E-state index >= 15 is 0 Å². The van der Waals surface area contributed by atoms with E-state index in [9.17, 15) is 0 Å². The van der Waals surface area contributed by atoms with Gasteiger partial charge in [-0.25, -0.2) is 0 Å². The van der Waals surface area contributed by atoms with E-state index in [0.717, 1.165) is 28.4 Å². The van der Waals surface area contributed by atoms with E-state index in [1.54, 1.807) is 6.21 Å². The van der Waals surface area contributed by atoms with Crippen LogP contribution < -0.4 is 14.2 Å². The second-order valence-corrected chi connectivity index (χ2v) is 3.79. The molecule has 4 heteroatoms. The summed E-state index contributed by atoms with van der Waals surface area (Å²) in [6.45, 7) is 3.53. The monoisotopic (exact) mass is 231 g/mol. The average molecular weight is 231 g/mol. The lowest BCUT2D eigenvalue weighted by Gasteiger charge is -2.13. The number of nitrogens with zero attached hydrogens (tertiary/aromatic N) is 1. The minimum Gasteiger partial charge on any atom is -0.493 e. The zero-order valence-corrected chi connectivity index (χ0v) is 9.60. The third-order valence-corrected chi connectivity index (χ3v) is 2.76. The zero-order valence-electron chi connectivity index (χ0n) is 9.60. The van der Waals surface area contributed by atoms with Gasteiger partial charge in [0.25, 0.3) is 0 Å². The topological polar surface area (TPSA) is 40.0 Å². The van der Waals surface area contributed by atoms with Crippen LogP contribution in [-0.4, -0.2) is 26.2 Å². The first kappa shape index (κ1) is 10.2. The first-order chi connectivity index (χ1) is 8.40. The first-order valence-corrected chi connectivity index (χ1v) is 5.65. The summed E-state index contributed by atoms with van der Waals surface area (Å²) in [5, 5.41) is 0. The van der Waals surface area contributed by atoms with Gasteiger partial charge in [0.05, 0.1) is 18.7 Å². The SMILES string of the molecule is CCOc1ccc2c(c1C1=CC=NC1)OCO2. The Morgan fingerprint density at radius 1 is 1.35 bits per heavy atom. The van der Waals surface area contributed by atoms with Gasteiger partial charge in [-0.15, -0.1) is 0 Å². The van der Waals surface area contributed by atoms with Gasteiger partial charge in [0, 0.05) is 6.21 Å². The van der Waals surface area contributed by atoms with E-state index in [4.69, 9.17) is 14.2 Å². The van der Waals surface area contributed by atoms with E-state index in [2.05, 4.69) is 4.99 Å². The van der Waals surface area contributed by atoms with Crippen LogP contribution in [0, 0.1) is 0 Å². The number of hydrogen-bond acceptors (Lipinski definition) is 4. The molecule has 0 bridgehead atoms. The first-order valence-electron chi connectivity index (χ1n) is 5.65. The van der Waals surface area contributed by atoms with E-state index in [0.29, 0.717) is 13.2 Å². The molecule has 4 nitrogen and oxygen atoms in total. The molecule has 2 aliphatic rings. The lowest BCUT2D eigenvalue weighted by atomic mass is 10.0. The van der Waals surface area contributed by atoms with Crippen molar-refractivity contribution in [1.29, 1.82) is 0 Å². The van der Waals surface area contributed by atoms with Crippen molar-refractivity contribution >= 4 is 11.8 Å². The average Bonchev–Trinajstić information content (AvgIpc) is 2.99. The summed E-state index contributed by atoms with van der Waals surface area (Å²) >= 11 is 0. The fraction of sp³-hybridized carbons (Fsp3) is 0.308. The van der Waals surface area contributed by atoms with Crippen LogP contribution in [0.5, 0.6) is 17.2 Å². The van der Waals surface area contributed by atoms with Crippen molar-refractivity contribution in [3.63, 3.8) is 0 Å². The number of ether oxygens (including phenoxy) is 3. The third-order valence-electron chi connectivity index (χ3n) is 2.76. The van der Waals surface area contributed by atoms with Crippen molar-refractivity contribution in [2.75, 3.05) is 19.9 Å². The van der Waals surface area contributed by atoms with Crippen LogP contribution in [0.15, 0.2) is 23.2 Å². The molecule has 1 aromatic rings. The minimum absolute atomic E-state index is 0.270. The van der Waals surface area contributed by atoms with E-state index in [-0.39, 0.29) is 6.79 Å². The van der Waals surface area contributed by atoms with Crippen molar-refractivity contribution in [3.8, 4) is 17.2 Å². The Balaban J connectivity index is 2.11. The quantitative estimate of drug-likeness (QED) is 0.801. The highest BCUT2D eigenvalue weighted by molar-refractivity contribution is 5.93. The summed E-state index contributed by atoms with van der Waals surface area (Å²) < 4.78 is 16.6. The fourth-order valence-corrected chi connectivity index (χ4v) is 2.04. The van der Waals surface area contributed by atoms with Gasteiger partial charge in [-0.1, -0.05) is 0 Å². The maximum atomic E-state index is 5.64. The van der Waals surface area contributed by atoms with Crippen molar-refractivity contribution in [2.45, 2.75) is 6.92 Å². The molecule has 0 N–H and O–H groups in total. The molecule has 88 valence electrons. The molecule has 0 aromatic heterocycles. The molecular weight excluding hydrogens is 218 g/mol. The number of fused-ring (bicyclic) bond motifs is 1. The van der Waals surface area contributed by atoms with Crippen molar-refractivity contribution < 1.29 is 14.2 Å². The van der Waals surface area contributed by atoms with Gasteiger partial charge >= 0.3 is 0 Å². The van der Waals surface area contributed by atoms with Crippen LogP contribution in [0.1, 0.15) is 12.5 Å². The molecule has 0 fully saturated rings. The normalized spacial score (nSPS) is 16.2. The smallest absolute Gasteiger partial charge is 0.231 e. The Labute approximate surface area is 99.5 Å². The summed E-state index contributed by atoms with van der Waals surface area (Å²) in [7, 11) is 0. The molecule has 0 saturated carbocycles. The second kappa shape index (κ2) is 4.13. The summed E-state index contributed by atoms with van der Waals surface area (Å²) in [6.07, 6.45) is 3.79. The molecule has 1 aromatic carbocycles. The van der Waals surface area contributed by atoms with Gasteiger partial charge in [-0.05, 0) is 30.7 Å². The predicted octanol–water partition coefficient (Wildman–Crippen LogP) is 2.28. The summed E-state index contributed by atoms with van der Waals surface area (Å²) in [5.41, 5.74) is 2.08. The van der Waals surface area contributed by atoms with E-state index < -0.39 is 0 Å². The van der Waals surface area contributed by atoms with Gasteiger partial charge in [-0.2, -0.15) is 0 Å². The standard InChI is InChI=1S/C13H13NO3/c1-2-15-10-3-4-11-13(17-8-16-11)12(10)9-5-6-14-7-9/h3-6H,2,7-8H2,1H3. The Hall–Kier alpha value is -1.97. The van der Waals surface area contributed by atoms with Crippen molar-refractivity contribution in [2.24, 2.45) is 4.99 Å². The minimum atomic E-state index is 0.270. The Morgan fingerprint density at radius 3 is 3.06 bits per heavy atom. The third kappa shape index (κ3) is 1.65. The van der Waals surface area contributed by atoms with Crippen LogP contribution in [-0.2, 0) is 0 Å². The van der Waals surface area contributed by atoms with Crippen LogP contribution >= 0.6 is 0 Å². The van der Waals surface area contributed by atoms with Crippen LogP contribution in [0.25, 0.3) is 5.57 Å². The van der Waals surface area contributed by atoms with Crippen LogP contribution in [0.2, 0.25) is 0 Å². The molecule has 0 amide bonds. The van der Waals surface area contributed by atoms with Gasteiger partial charge in [0.1, 0.15) is 5.75 Å². The van der Waals surface area contributed by atoms with Crippen LogP contribution in [0.4, 0.5) is 0 Å².